The van der Waals surface area contributed by atoms with Gasteiger partial charge in [-0.2, -0.15) is 0 Å². The van der Waals surface area contributed by atoms with Gasteiger partial charge in [0.25, 0.3) is 5.91 Å². The molecule has 1 heterocycles. The molecule has 4 rings (SSSR count). The van der Waals surface area contributed by atoms with E-state index >= 15 is 0 Å². The lowest BCUT2D eigenvalue weighted by Crippen LogP contribution is -3.08. The molecule has 144 valence electrons. The molecule has 0 aliphatic carbocycles. The summed E-state index contributed by atoms with van der Waals surface area (Å²) in [4.78, 5) is 18.4. The molecular formula is C22H20Cl2N2OS. The summed E-state index contributed by atoms with van der Waals surface area (Å²) in [6, 6.07) is 24.0. The topological polar surface area (TPSA) is 24.8 Å². The van der Waals surface area contributed by atoms with Crippen LogP contribution in [0, 0.1) is 0 Å². The second-order valence-electron chi connectivity index (χ2n) is 6.71. The molecule has 1 unspecified atom stereocenters. The summed E-state index contributed by atoms with van der Waals surface area (Å²) >= 11 is 7.91. The number of anilines is 2. The molecule has 1 N–H and O–H groups in total. The Morgan fingerprint density at radius 2 is 1.64 bits per heavy atom. The van der Waals surface area contributed by atoms with Crippen molar-refractivity contribution in [2.24, 2.45) is 0 Å². The number of hydrogen-bond donors (Lipinski definition) is 1. The first-order chi connectivity index (χ1) is 13.1. The predicted octanol–water partition coefficient (Wildman–Crippen LogP) is 1.19. The highest BCUT2D eigenvalue weighted by Gasteiger charge is 2.29. The number of amides is 1. The minimum atomic E-state index is 0. The minimum Gasteiger partial charge on any atom is -1.00 e. The summed E-state index contributed by atoms with van der Waals surface area (Å²) in [5, 5.41) is 0.636. The largest absolute Gasteiger partial charge is 1.00 e. The molecule has 0 fully saturated rings. The van der Waals surface area contributed by atoms with E-state index < -0.39 is 0 Å². The van der Waals surface area contributed by atoms with Gasteiger partial charge < -0.3 is 17.3 Å². The van der Waals surface area contributed by atoms with Gasteiger partial charge in [0.15, 0.2) is 6.54 Å². The van der Waals surface area contributed by atoms with Crippen LogP contribution in [0.15, 0.2) is 82.6 Å². The van der Waals surface area contributed by atoms with Crippen LogP contribution in [0.2, 0.25) is 5.02 Å². The maximum Gasteiger partial charge on any atom is 0.286 e. The number of likely N-dealkylation sites (N-methyl/N-ethyl adjacent to an activating group) is 1. The van der Waals surface area contributed by atoms with E-state index in [9.17, 15) is 4.79 Å². The van der Waals surface area contributed by atoms with Crippen molar-refractivity contribution >= 4 is 40.6 Å². The molecule has 6 heteroatoms. The van der Waals surface area contributed by atoms with Crippen LogP contribution in [-0.4, -0.2) is 19.5 Å². The van der Waals surface area contributed by atoms with Gasteiger partial charge in [0.1, 0.15) is 6.54 Å². The van der Waals surface area contributed by atoms with E-state index in [0.717, 1.165) is 32.6 Å². The molecule has 0 saturated carbocycles. The smallest absolute Gasteiger partial charge is 0.286 e. The fourth-order valence-electron chi connectivity index (χ4n) is 3.34. The summed E-state index contributed by atoms with van der Waals surface area (Å²) in [5.41, 5.74) is 3.01. The minimum absolute atomic E-state index is 0. The molecule has 1 aliphatic heterocycles. The Bertz CT molecular complexity index is 981. The van der Waals surface area contributed by atoms with E-state index in [-0.39, 0.29) is 18.3 Å². The third-order valence-corrected chi connectivity index (χ3v) is 5.90. The molecular weight excluding hydrogens is 411 g/mol. The maximum atomic E-state index is 13.3. The molecule has 1 amide bonds. The number of halogens is 2. The highest BCUT2D eigenvalue weighted by Crippen LogP contribution is 2.48. The summed E-state index contributed by atoms with van der Waals surface area (Å²) in [6.45, 7) is 1.21. The average molecular weight is 431 g/mol. The molecule has 3 aromatic carbocycles. The number of carbonyl (C=O) groups is 1. The summed E-state index contributed by atoms with van der Waals surface area (Å²) < 4.78 is 0. The van der Waals surface area contributed by atoms with Crippen molar-refractivity contribution in [3.63, 3.8) is 0 Å². The Hall–Kier alpha value is -1.98. The molecule has 3 aromatic rings. The highest BCUT2D eigenvalue weighted by atomic mass is 35.5. The lowest BCUT2D eigenvalue weighted by Gasteiger charge is -2.31. The second-order valence-corrected chi connectivity index (χ2v) is 8.23. The van der Waals surface area contributed by atoms with Crippen molar-refractivity contribution < 1.29 is 22.1 Å². The molecule has 0 spiro atoms. The van der Waals surface area contributed by atoms with E-state index in [1.807, 2.05) is 66.5 Å². The van der Waals surface area contributed by atoms with Crippen molar-refractivity contribution in [2.75, 3.05) is 18.5 Å². The highest BCUT2D eigenvalue weighted by molar-refractivity contribution is 7.99. The van der Waals surface area contributed by atoms with Crippen molar-refractivity contribution in [2.45, 2.75) is 16.3 Å². The van der Waals surface area contributed by atoms with Gasteiger partial charge in [0.05, 0.1) is 18.4 Å². The first-order valence-electron chi connectivity index (χ1n) is 8.86. The zero-order valence-electron chi connectivity index (χ0n) is 15.4. The number of nitrogens with zero attached hydrogens (tertiary/aromatic N) is 1. The van der Waals surface area contributed by atoms with Crippen LogP contribution < -0.4 is 22.2 Å². The van der Waals surface area contributed by atoms with Gasteiger partial charge >= 0.3 is 0 Å². The number of quaternary nitrogens is 1. The molecule has 3 nitrogen and oxygen atoms in total. The van der Waals surface area contributed by atoms with Gasteiger partial charge in [-0.25, -0.2) is 0 Å². The number of carbonyl (C=O) groups excluding carboxylic acids is 1. The van der Waals surface area contributed by atoms with Gasteiger partial charge in [-0.1, -0.05) is 65.8 Å². The standard InChI is InChI=1S/C22H19ClN2OS.ClH/c1-24(14-16-7-3-2-4-8-16)15-22(26)25-18-9-5-6-10-20(18)27-21-12-11-17(23)13-19(21)25;/h2-13H,14-15H2,1H3;1H. The first-order valence-corrected chi connectivity index (χ1v) is 10.1. The Balaban J connectivity index is 0.00000225. The molecule has 0 saturated heterocycles. The number of nitrogens with one attached hydrogen (secondary N) is 1. The molecule has 28 heavy (non-hydrogen) atoms. The zero-order valence-corrected chi connectivity index (χ0v) is 17.7. The molecule has 1 aliphatic rings. The summed E-state index contributed by atoms with van der Waals surface area (Å²) in [7, 11) is 2.05. The van der Waals surface area contributed by atoms with Gasteiger partial charge in [-0.15, -0.1) is 0 Å². The lowest BCUT2D eigenvalue weighted by atomic mass is 10.2. The van der Waals surface area contributed by atoms with E-state index in [4.69, 9.17) is 11.6 Å². The van der Waals surface area contributed by atoms with Crippen LogP contribution in [0.4, 0.5) is 11.4 Å². The van der Waals surface area contributed by atoms with Gasteiger partial charge in [0.2, 0.25) is 0 Å². The van der Waals surface area contributed by atoms with Gasteiger partial charge in [-0.05, 0) is 30.3 Å². The van der Waals surface area contributed by atoms with Crippen molar-refractivity contribution in [1.29, 1.82) is 0 Å². The molecule has 0 bridgehead atoms. The zero-order chi connectivity index (χ0) is 18.8. The normalized spacial score (nSPS) is 13.1. The van der Waals surface area contributed by atoms with Crippen LogP contribution in [-0.2, 0) is 11.3 Å². The SMILES string of the molecule is C[NH+](CC(=O)N1c2ccccc2Sc2ccc(Cl)cc21)Cc1ccccc1.[Cl-]. The number of rotatable bonds is 4. The Morgan fingerprint density at radius 1 is 0.964 bits per heavy atom. The van der Waals surface area contributed by atoms with E-state index in [1.54, 1.807) is 11.8 Å². The van der Waals surface area contributed by atoms with Crippen LogP contribution in [0.3, 0.4) is 0 Å². The quantitative estimate of drug-likeness (QED) is 0.672. The van der Waals surface area contributed by atoms with Gasteiger partial charge in [0, 0.05) is 20.4 Å². The Morgan fingerprint density at radius 3 is 2.43 bits per heavy atom. The van der Waals surface area contributed by atoms with Crippen LogP contribution >= 0.6 is 23.4 Å². The van der Waals surface area contributed by atoms with Crippen LogP contribution in [0.5, 0.6) is 0 Å². The Kier molecular flexibility index (Phi) is 6.68. The molecule has 0 aromatic heterocycles. The van der Waals surface area contributed by atoms with Crippen molar-refractivity contribution in [3.05, 3.63) is 83.4 Å². The average Bonchev–Trinajstić information content (AvgIpc) is 2.66. The van der Waals surface area contributed by atoms with Crippen molar-refractivity contribution in [1.82, 2.24) is 0 Å². The number of para-hydroxylation sites is 1. The molecule has 0 radical (unpaired) electrons. The lowest BCUT2D eigenvalue weighted by molar-refractivity contribution is -0.885. The first kappa shape index (κ1) is 20.7. The monoisotopic (exact) mass is 430 g/mol. The maximum absolute atomic E-state index is 13.3. The fourth-order valence-corrected chi connectivity index (χ4v) is 4.55. The van der Waals surface area contributed by atoms with Gasteiger partial charge in [-0.3, -0.25) is 9.69 Å². The van der Waals surface area contributed by atoms with E-state index in [0.29, 0.717) is 11.6 Å². The fraction of sp³-hybridized carbons (Fsp3) is 0.136. The Labute approximate surface area is 180 Å². The van der Waals surface area contributed by atoms with E-state index in [1.165, 1.54) is 5.56 Å². The number of hydrogen-bond acceptors (Lipinski definition) is 2. The molecule has 1 atom stereocenters. The van der Waals surface area contributed by atoms with E-state index in [2.05, 4.69) is 18.2 Å². The van der Waals surface area contributed by atoms with Crippen LogP contribution in [0.25, 0.3) is 0 Å². The number of fused-ring (bicyclic) bond motifs is 2. The summed E-state index contributed by atoms with van der Waals surface area (Å²) in [6.07, 6.45) is 0. The predicted molar refractivity (Wildman–Crippen MR) is 111 cm³/mol. The third-order valence-electron chi connectivity index (χ3n) is 4.54. The van der Waals surface area contributed by atoms with Crippen LogP contribution in [0.1, 0.15) is 5.56 Å². The van der Waals surface area contributed by atoms with Crippen molar-refractivity contribution in [3.8, 4) is 0 Å². The third kappa shape index (κ3) is 4.36. The summed E-state index contributed by atoms with van der Waals surface area (Å²) in [5.74, 6) is 0.0692. The second kappa shape index (κ2) is 9.01. The number of benzene rings is 3.